The zero-order chi connectivity index (χ0) is 23.4. The van der Waals surface area contributed by atoms with Crippen LogP contribution in [0.25, 0.3) is 0 Å². The van der Waals surface area contributed by atoms with Crippen LogP contribution in [0.3, 0.4) is 0 Å². The highest BCUT2D eigenvalue weighted by Gasteiger charge is 2.60. The van der Waals surface area contributed by atoms with Gasteiger partial charge in [-0.05, 0) is 63.6 Å². The molecule has 0 bridgehead atoms. The molecule has 35 heavy (non-hydrogen) atoms. The quantitative estimate of drug-likeness (QED) is 0.237. The predicted octanol–water partition coefficient (Wildman–Crippen LogP) is 7.28. The van der Waals surface area contributed by atoms with Gasteiger partial charge in [-0.25, -0.2) is 0 Å². The molecule has 8 rings (SSSR count). The second-order valence-electron chi connectivity index (χ2n) is 11.0. The van der Waals surface area contributed by atoms with Gasteiger partial charge in [0.15, 0.2) is 0 Å². The minimum Gasteiger partial charge on any atom is -0.333 e. The van der Waals surface area contributed by atoms with Gasteiger partial charge in [-0.15, -0.1) is 0 Å². The van der Waals surface area contributed by atoms with Crippen molar-refractivity contribution in [1.29, 1.82) is 0 Å². The van der Waals surface area contributed by atoms with Crippen LogP contribution in [0, 0.1) is 0 Å². The van der Waals surface area contributed by atoms with Crippen molar-refractivity contribution in [3.05, 3.63) is 96.6 Å². The largest absolute Gasteiger partial charge is 0.333 e. The van der Waals surface area contributed by atoms with Crippen LogP contribution in [-0.4, -0.2) is 5.54 Å². The topological polar surface area (TPSA) is 6.48 Å². The Morgan fingerprint density at radius 3 is 2.23 bits per heavy atom. The monoisotopic (exact) mass is 472 g/mol. The van der Waals surface area contributed by atoms with Gasteiger partial charge in [0.2, 0.25) is 0 Å². The van der Waals surface area contributed by atoms with Crippen molar-refractivity contribution in [2.75, 3.05) is 9.80 Å². The molecule has 3 unspecified atom stereocenters. The minimum absolute atomic E-state index is 0.106. The third-order valence-electron chi connectivity index (χ3n) is 9.42. The Labute approximate surface area is 209 Å². The van der Waals surface area contributed by atoms with Gasteiger partial charge >= 0.3 is 0 Å². The number of hydrogen-bond acceptors (Lipinski definition) is 2. The second kappa shape index (κ2) is 6.77. The molecule has 172 valence electrons. The van der Waals surface area contributed by atoms with E-state index >= 15 is 0 Å². The lowest BCUT2D eigenvalue weighted by molar-refractivity contribution is 0.195. The Morgan fingerprint density at radius 1 is 0.657 bits per heavy atom. The summed E-state index contributed by atoms with van der Waals surface area (Å²) in [4.78, 5) is 5.30. The van der Waals surface area contributed by atoms with Gasteiger partial charge in [-0.3, -0.25) is 0 Å². The number of nitrogens with zero attached hydrogens (tertiary/aromatic N) is 2. The zero-order valence-electron chi connectivity index (χ0n) is 20.3. The molecule has 4 aliphatic rings. The fraction of sp³-hybridized carbons (Fsp3) is 0.250. The third-order valence-corrected chi connectivity index (χ3v) is 12.0. The first-order valence-electron chi connectivity index (χ1n) is 12.9. The van der Waals surface area contributed by atoms with Gasteiger partial charge in [-0.2, -0.15) is 0 Å². The van der Waals surface area contributed by atoms with Crippen molar-refractivity contribution < 1.29 is 0 Å². The summed E-state index contributed by atoms with van der Waals surface area (Å²) in [6.45, 7) is 5.10. The molecule has 0 spiro atoms. The molecular weight excluding hydrogens is 443 g/mol. The van der Waals surface area contributed by atoms with Crippen molar-refractivity contribution in [3.63, 3.8) is 0 Å². The molecule has 0 aromatic heterocycles. The molecule has 4 aromatic carbocycles. The van der Waals surface area contributed by atoms with Crippen LogP contribution in [0.2, 0.25) is 0 Å². The highest BCUT2D eigenvalue weighted by atomic mass is 31.1. The lowest BCUT2D eigenvalue weighted by Gasteiger charge is -2.52. The average molecular weight is 473 g/mol. The maximum atomic E-state index is 2.80. The number of rotatable bonds is 1. The summed E-state index contributed by atoms with van der Waals surface area (Å²) < 4.78 is 0. The van der Waals surface area contributed by atoms with Crippen LogP contribution in [0.4, 0.5) is 28.4 Å². The van der Waals surface area contributed by atoms with Crippen molar-refractivity contribution in [1.82, 2.24) is 0 Å². The molecule has 2 nitrogen and oxygen atoms in total. The molecule has 1 aliphatic carbocycles. The van der Waals surface area contributed by atoms with E-state index in [1.54, 1.807) is 10.9 Å². The van der Waals surface area contributed by atoms with Crippen LogP contribution in [0.15, 0.2) is 91.0 Å². The summed E-state index contributed by atoms with van der Waals surface area (Å²) in [5, 5.41) is 4.56. The van der Waals surface area contributed by atoms with Crippen molar-refractivity contribution in [2.45, 2.75) is 50.5 Å². The molecule has 1 fully saturated rings. The Hall–Kier alpha value is -3.09. The van der Waals surface area contributed by atoms with Crippen LogP contribution in [0.5, 0.6) is 0 Å². The standard InChI is InChI=1S/C32H29N2P/c1-31-20-8-9-21-32(31,2)34-26-17-11-16-25-30(26)35(28-19-10-14-23(31)29(28)34)27-18-7-6-15-24(27)33(25)22-12-4-3-5-13-22/h3-7,10-19H,8-9,20-21H2,1-2H3. The zero-order valence-corrected chi connectivity index (χ0v) is 21.2. The second-order valence-corrected chi connectivity index (χ2v) is 13.0. The summed E-state index contributed by atoms with van der Waals surface area (Å²) in [7, 11) is -0.627. The Bertz CT molecular complexity index is 1510. The Morgan fingerprint density at radius 2 is 1.34 bits per heavy atom. The maximum absolute atomic E-state index is 2.80. The van der Waals surface area contributed by atoms with E-state index in [1.165, 1.54) is 64.7 Å². The molecule has 0 amide bonds. The third kappa shape index (κ3) is 2.30. The lowest BCUT2D eigenvalue weighted by atomic mass is 9.61. The average Bonchev–Trinajstić information content (AvgIpc) is 3.11. The van der Waals surface area contributed by atoms with E-state index in [9.17, 15) is 0 Å². The highest BCUT2D eigenvalue weighted by molar-refractivity contribution is 7.81. The van der Waals surface area contributed by atoms with Crippen molar-refractivity contribution >= 4 is 52.3 Å². The van der Waals surface area contributed by atoms with E-state index < -0.39 is 7.92 Å². The van der Waals surface area contributed by atoms with E-state index in [-0.39, 0.29) is 11.0 Å². The molecule has 0 saturated heterocycles. The van der Waals surface area contributed by atoms with Gasteiger partial charge in [0, 0.05) is 27.0 Å². The van der Waals surface area contributed by atoms with Gasteiger partial charge in [-0.1, -0.05) is 80.4 Å². The molecule has 3 aliphatic heterocycles. The summed E-state index contributed by atoms with van der Waals surface area (Å²) >= 11 is 0. The molecule has 3 atom stereocenters. The van der Waals surface area contributed by atoms with E-state index in [4.69, 9.17) is 0 Å². The van der Waals surface area contributed by atoms with E-state index in [1.807, 2.05) is 0 Å². The smallest absolute Gasteiger partial charge is 0.0566 e. The maximum Gasteiger partial charge on any atom is 0.0566 e. The number of benzene rings is 4. The van der Waals surface area contributed by atoms with Crippen LogP contribution >= 0.6 is 7.92 Å². The first-order chi connectivity index (χ1) is 17.1. The summed E-state index contributed by atoms with van der Waals surface area (Å²) in [6, 6.07) is 34.3. The summed E-state index contributed by atoms with van der Waals surface area (Å²) in [5.74, 6) is 0. The number of anilines is 5. The molecule has 3 heteroatoms. The summed E-state index contributed by atoms with van der Waals surface area (Å²) in [5.41, 5.74) is 8.75. The van der Waals surface area contributed by atoms with E-state index in [2.05, 4.69) is 115 Å². The predicted molar refractivity (Wildman–Crippen MR) is 150 cm³/mol. The van der Waals surface area contributed by atoms with Crippen LogP contribution in [0.1, 0.15) is 45.1 Å². The first-order valence-corrected chi connectivity index (χ1v) is 14.3. The number of fused-ring (bicyclic) bond motifs is 7. The molecule has 4 aromatic rings. The van der Waals surface area contributed by atoms with Gasteiger partial charge < -0.3 is 9.80 Å². The SMILES string of the molecule is CC12CCCCC1(C)N1c3cccc4c3P(c3ccccc3N4c3ccccc3)c3cccc2c31. The van der Waals surface area contributed by atoms with Crippen LogP contribution in [-0.2, 0) is 5.41 Å². The van der Waals surface area contributed by atoms with Crippen molar-refractivity contribution in [3.8, 4) is 0 Å². The number of hydrogen-bond donors (Lipinski definition) is 0. The molecular formula is C32H29N2P. The minimum atomic E-state index is -0.627. The van der Waals surface area contributed by atoms with Gasteiger partial charge in [0.1, 0.15) is 0 Å². The summed E-state index contributed by atoms with van der Waals surface area (Å²) in [6.07, 6.45) is 5.17. The van der Waals surface area contributed by atoms with Crippen LogP contribution < -0.4 is 25.7 Å². The van der Waals surface area contributed by atoms with Crippen molar-refractivity contribution in [2.24, 2.45) is 0 Å². The molecule has 0 radical (unpaired) electrons. The van der Waals surface area contributed by atoms with E-state index in [0.29, 0.717) is 0 Å². The fourth-order valence-corrected chi connectivity index (χ4v) is 10.5. The van der Waals surface area contributed by atoms with E-state index in [0.717, 1.165) is 0 Å². The fourth-order valence-electron chi connectivity index (χ4n) is 7.61. The number of para-hydroxylation sites is 3. The van der Waals surface area contributed by atoms with Gasteiger partial charge in [0.25, 0.3) is 0 Å². The molecule has 0 N–H and O–H groups in total. The Balaban J connectivity index is 1.49. The lowest BCUT2D eigenvalue weighted by Crippen LogP contribution is -2.56. The normalized spacial score (nSPS) is 27.1. The molecule has 3 heterocycles. The molecule has 1 saturated carbocycles. The Kier molecular flexibility index (Phi) is 3.90. The first kappa shape index (κ1) is 20.1. The van der Waals surface area contributed by atoms with Gasteiger partial charge in [0.05, 0.1) is 28.3 Å². The highest BCUT2D eigenvalue weighted by Crippen LogP contribution is 2.65.